The molecule has 0 amide bonds. The molecule has 39 heavy (non-hydrogen) atoms. The molecular formula is C26H22Cl5N5O3. The quantitative estimate of drug-likeness (QED) is 0.193. The predicted octanol–water partition coefficient (Wildman–Crippen LogP) is 6.54. The monoisotopic (exact) mass is 627 g/mol. The summed E-state index contributed by atoms with van der Waals surface area (Å²) in [5.41, 5.74) is -1.29. The van der Waals surface area contributed by atoms with E-state index in [1.54, 1.807) is 30.1 Å². The number of aliphatic hydroxyl groups is 1. The molecule has 1 aromatic heterocycles. The van der Waals surface area contributed by atoms with Crippen molar-refractivity contribution in [3.05, 3.63) is 78.7 Å². The summed E-state index contributed by atoms with van der Waals surface area (Å²) in [4.78, 5) is 16.4. The van der Waals surface area contributed by atoms with Crippen molar-refractivity contribution in [2.45, 2.75) is 38.3 Å². The zero-order valence-electron chi connectivity index (χ0n) is 20.8. The molecule has 0 spiro atoms. The minimum Gasteiger partial charge on any atom is -0.469 e. The Morgan fingerprint density at radius 2 is 1.67 bits per heavy atom. The lowest BCUT2D eigenvalue weighted by molar-refractivity contribution is -0.173. The van der Waals surface area contributed by atoms with Gasteiger partial charge in [-0.15, -0.1) is 0 Å². The number of hydrogen-bond donors (Lipinski definition) is 1. The molecule has 3 unspecified atom stereocenters. The number of benzene rings is 2. The summed E-state index contributed by atoms with van der Waals surface area (Å²) in [5, 5.41) is 33.6. The Morgan fingerprint density at radius 1 is 1.08 bits per heavy atom. The van der Waals surface area contributed by atoms with Gasteiger partial charge in [-0.2, -0.15) is 15.6 Å². The first kappa shape index (κ1) is 31.0. The van der Waals surface area contributed by atoms with Crippen molar-refractivity contribution >= 4 is 64.0 Å². The van der Waals surface area contributed by atoms with Crippen LogP contribution in [0.3, 0.4) is 0 Å². The fraction of sp³-hybridized carbons (Fsp3) is 0.346. The minimum absolute atomic E-state index is 0.0363. The molecule has 8 nitrogen and oxygen atoms in total. The van der Waals surface area contributed by atoms with E-state index in [2.05, 4.69) is 10.1 Å². The second-order valence-corrected chi connectivity index (χ2v) is 11.1. The van der Waals surface area contributed by atoms with Crippen LogP contribution in [0.2, 0.25) is 25.1 Å². The van der Waals surface area contributed by atoms with Gasteiger partial charge >= 0.3 is 5.97 Å². The molecule has 4 rings (SSSR count). The Balaban J connectivity index is 0.000000255. The molecule has 2 aromatic carbocycles. The normalized spacial score (nSPS) is 21.8. The number of ether oxygens (including phenoxy) is 1. The molecule has 1 saturated carbocycles. The van der Waals surface area contributed by atoms with Gasteiger partial charge < -0.3 is 9.84 Å². The van der Waals surface area contributed by atoms with E-state index >= 15 is 0 Å². The molecule has 204 valence electrons. The zero-order chi connectivity index (χ0) is 29.0. The molecule has 3 aromatic rings. The molecule has 1 fully saturated rings. The number of nitriles is 2. The molecule has 1 N–H and O–H groups in total. The maximum absolute atomic E-state index is 12.5. The van der Waals surface area contributed by atoms with Crippen molar-refractivity contribution < 1.29 is 14.6 Å². The third kappa shape index (κ3) is 6.12. The Labute approximate surface area is 250 Å². The van der Waals surface area contributed by atoms with Gasteiger partial charge in [0.2, 0.25) is 0 Å². The maximum atomic E-state index is 12.5. The average molecular weight is 630 g/mol. The zero-order valence-corrected chi connectivity index (χ0v) is 24.5. The van der Waals surface area contributed by atoms with Crippen LogP contribution in [-0.2, 0) is 22.5 Å². The van der Waals surface area contributed by atoms with Crippen LogP contribution in [0.15, 0.2) is 36.9 Å². The lowest BCUT2D eigenvalue weighted by Gasteiger charge is -2.40. The number of carbonyl (C=O) groups is 1. The highest BCUT2D eigenvalue weighted by atomic mass is 35.5. The number of halogens is 5. The lowest BCUT2D eigenvalue weighted by atomic mass is 9.71. The molecule has 0 radical (unpaired) electrons. The lowest BCUT2D eigenvalue weighted by Crippen LogP contribution is -2.54. The van der Waals surface area contributed by atoms with Gasteiger partial charge in [-0.3, -0.25) is 9.48 Å². The van der Waals surface area contributed by atoms with Crippen LogP contribution in [0, 0.1) is 34.0 Å². The number of carbonyl (C=O) groups excluding carboxylic acids is 1. The van der Waals surface area contributed by atoms with E-state index in [9.17, 15) is 9.90 Å². The highest BCUT2D eigenvalue weighted by Gasteiger charge is 2.61. The van der Waals surface area contributed by atoms with Crippen molar-refractivity contribution in [1.82, 2.24) is 14.8 Å². The van der Waals surface area contributed by atoms with E-state index < -0.39 is 17.0 Å². The van der Waals surface area contributed by atoms with Crippen LogP contribution in [0.4, 0.5) is 0 Å². The van der Waals surface area contributed by atoms with Gasteiger partial charge in [0.05, 0.1) is 50.3 Å². The Morgan fingerprint density at radius 3 is 2.15 bits per heavy atom. The van der Waals surface area contributed by atoms with Gasteiger partial charge in [0.25, 0.3) is 0 Å². The fourth-order valence-electron chi connectivity index (χ4n) is 4.74. The Hall–Kier alpha value is -2.56. The number of esters is 1. The van der Waals surface area contributed by atoms with Crippen molar-refractivity contribution in [3.63, 3.8) is 0 Å². The van der Waals surface area contributed by atoms with Gasteiger partial charge in [-0.25, -0.2) is 4.98 Å². The third-order valence-corrected chi connectivity index (χ3v) is 8.97. The molecule has 1 aliphatic carbocycles. The molecule has 1 aliphatic rings. The summed E-state index contributed by atoms with van der Waals surface area (Å²) >= 11 is 28.8. The van der Waals surface area contributed by atoms with Gasteiger partial charge in [-0.1, -0.05) is 70.1 Å². The number of hydrogen-bond acceptors (Lipinski definition) is 7. The van der Waals surface area contributed by atoms with E-state index in [0.717, 1.165) is 12.0 Å². The van der Waals surface area contributed by atoms with Gasteiger partial charge in [0.15, 0.2) is 0 Å². The molecular weight excluding hydrogens is 608 g/mol. The smallest absolute Gasteiger partial charge is 0.314 e. The predicted molar refractivity (Wildman–Crippen MR) is 149 cm³/mol. The Bertz CT molecular complexity index is 1400. The van der Waals surface area contributed by atoms with Crippen LogP contribution in [0.5, 0.6) is 0 Å². The standard InChI is InChI=1S/C18H22ClN3O3.C8Cl4N2/c1-17(16(23)25-2)8-7-14(9-13-3-5-15(19)6-4-13)18(17,24)10-22-12-20-11-21-22;9-5-3(1-13)6(10)8(12)7(11)4(5)2-14/h3-6,11-12,14,24H,7-10H2,1-2H3;. The minimum atomic E-state index is -1.28. The van der Waals surface area contributed by atoms with E-state index in [1.807, 2.05) is 24.3 Å². The summed E-state index contributed by atoms with van der Waals surface area (Å²) in [7, 11) is 1.36. The first-order chi connectivity index (χ1) is 18.4. The highest BCUT2D eigenvalue weighted by molar-refractivity contribution is 6.50. The van der Waals surface area contributed by atoms with Crippen LogP contribution in [0.25, 0.3) is 0 Å². The fourth-order valence-corrected chi connectivity index (χ4v) is 5.94. The van der Waals surface area contributed by atoms with Crippen molar-refractivity contribution in [1.29, 1.82) is 10.5 Å². The second-order valence-electron chi connectivity index (χ2n) is 9.14. The first-order valence-electron chi connectivity index (χ1n) is 11.5. The van der Waals surface area contributed by atoms with Crippen molar-refractivity contribution in [2.75, 3.05) is 7.11 Å². The van der Waals surface area contributed by atoms with Crippen LogP contribution >= 0.6 is 58.0 Å². The number of rotatable bonds is 5. The average Bonchev–Trinajstić information content (AvgIpc) is 3.52. The topological polar surface area (TPSA) is 125 Å². The summed E-state index contributed by atoms with van der Waals surface area (Å²) in [6, 6.07) is 11.1. The highest BCUT2D eigenvalue weighted by Crippen LogP contribution is 2.52. The van der Waals surface area contributed by atoms with Gasteiger partial charge in [0, 0.05) is 5.02 Å². The van der Waals surface area contributed by atoms with E-state index in [0.29, 0.717) is 17.9 Å². The molecule has 0 bridgehead atoms. The summed E-state index contributed by atoms with van der Waals surface area (Å²) in [5.74, 6) is -0.504. The van der Waals surface area contributed by atoms with Crippen molar-refractivity contribution in [2.24, 2.45) is 11.3 Å². The SMILES string of the molecule is COC(=O)C1(C)CCC(Cc2ccc(Cl)cc2)C1(O)Cn1cncn1.N#Cc1c(Cl)c(Cl)c(Cl)c(C#N)c1Cl. The molecule has 0 saturated heterocycles. The molecule has 1 heterocycles. The number of nitrogens with zero attached hydrogens (tertiary/aromatic N) is 5. The van der Waals surface area contributed by atoms with E-state index in [4.69, 9.17) is 73.3 Å². The Kier molecular flexibility index (Phi) is 10.1. The van der Waals surface area contributed by atoms with Gasteiger partial charge in [0.1, 0.15) is 30.4 Å². The number of aromatic nitrogens is 3. The molecule has 0 aliphatic heterocycles. The van der Waals surface area contributed by atoms with Crippen LogP contribution < -0.4 is 0 Å². The number of methoxy groups -OCH3 is 1. The third-order valence-electron chi connectivity index (χ3n) is 7.01. The van der Waals surface area contributed by atoms with Crippen LogP contribution in [-0.4, -0.2) is 38.6 Å². The molecule has 13 heteroatoms. The summed E-state index contributed by atoms with van der Waals surface area (Å²) in [6.45, 7) is 1.97. The molecule has 3 atom stereocenters. The maximum Gasteiger partial charge on any atom is 0.314 e. The largest absolute Gasteiger partial charge is 0.469 e. The van der Waals surface area contributed by atoms with Gasteiger partial charge in [-0.05, 0) is 49.8 Å². The van der Waals surface area contributed by atoms with Crippen LogP contribution in [0.1, 0.15) is 36.5 Å². The summed E-state index contributed by atoms with van der Waals surface area (Å²) < 4.78 is 6.58. The van der Waals surface area contributed by atoms with E-state index in [-0.39, 0.29) is 43.7 Å². The first-order valence-corrected chi connectivity index (χ1v) is 13.4. The second kappa shape index (κ2) is 12.7. The van der Waals surface area contributed by atoms with Crippen molar-refractivity contribution in [3.8, 4) is 12.1 Å². The summed E-state index contributed by atoms with van der Waals surface area (Å²) in [6.07, 6.45) is 4.90. The van der Waals surface area contributed by atoms with E-state index in [1.165, 1.54) is 13.4 Å².